The first-order chi connectivity index (χ1) is 13.6. The van der Waals surface area contributed by atoms with Crippen LogP contribution >= 0.6 is 0 Å². The summed E-state index contributed by atoms with van der Waals surface area (Å²) in [5, 5.41) is 6.81. The normalized spacial score (nSPS) is 10.4. The highest BCUT2D eigenvalue weighted by molar-refractivity contribution is 5.89. The lowest BCUT2D eigenvalue weighted by Gasteiger charge is -2.05. The number of carbonyl (C=O) groups excluding carboxylic acids is 1. The molecule has 0 aliphatic heterocycles. The van der Waals surface area contributed by atoms with Crippen molar-refractivity contribution in [3.8, 4) is 11.8 Å². The van der Waals surface area contributed by atoms with Crippen molar-refractivity contribution in [1.82, 2.24) is 9.88 Å². The summed E-state index contributed by atoms with van der Waals surface area (Å²) >= 11 is 0. The molecule has 2 aromatic carbocycles. The number of rotatable bonds is 5. The lowest BCUT2D eigenvalue weighted by Crippen LogP contribution is -2.28. The molecule has 2 amide bonds. The van der Waals surface area contributed by atoms with Crippen LogP contribution in [0.1, 0.15) is 37.1 Å². The number of aromatic nitrogens is 1. The molecule has 0 fully saturated rings. The monoisotopic (exact) mass is 373 g/mol. The van der Waals surface area contributed by atoms with Gasteiger partial charge in [-0.15, -0.1) is 0 Å². The van der Waals surface area contributed by atoms with E-state index in [-0.39, 0.29) is 6.03 Å². The molecule has 3 rings (SSSR count). The third-order valence-electron chi connectivity index (χ3n) is 4.68. The van der Waals surface area contributed by atoms with Crippen molar-refractivity contribution in [1.29, 1.82) is 0 Å². The Balaban J connectivity index is 1.65. The Morgan fingerprint density at radius 2 is 1.86 bits per heavy atom. The number of nitrogens with zero attached hydrogens (tertiary/aromatic N) is 1. The second-order valence-corrected chi connectivity index (χ2v) is 6.89. The molecule has 0 saturated heterocycles. The first kappa shape index (κ1) is 19.6. The van der Waals surface area contributed by atoms with Crippen LogP contribution in [0.5, 0.6) is 0 Å². The van der Waals surface area contributed by atoms with Gasteiger partial charge in [0.2, 0.25) is 0 Å². The fraction of sp³-hybridized carbons (Fsp3) is 0.292. The van der Waals surface area contributed by atoms with Crippen LogP contribution in [-0.2, 0) is 13.0 Å². The van der Waals surface area contributed by atoms with E-state index in [2.05, 4.69) is 65.2 Å². The highest BCUT2D eigenvalue weighted by atomic mass is 16.2. The molecular formula is C24H27N3O. The highest BCUT2D eigenvalue weighted by Gasteiger charge is 2.06. The standard InChI is InChI=1S/C24H27N3O/c1-4-7-19-11-14-23-20(16-19)17-22(27(23)5-2)8-6-15-25-24(28)26-21-12-9-18(3)10-13-21/h9-14,16-17H,4-5,7,15H2,1-3H3,(H2,25,26,28). The third-order valence-corrected chi connectivity index (χ3v) is 4.68. The molecule has 0 radical (unpaired) electrons. The number of urea groups is 1. The summed E-state index contributed by atoms with van der Waals surface area (Å²) < 4.78 is 2.21. The summed E-state index contributed by atoms with van der Waals surface area (Å²) in [6, 6.07) is 16.2. The Morgan fingerprint density at radius 3 is 2.57 bits per heavy atom. The molecule has 1 aromatic heterocycles. The van der Waals surface area contributed by atoms with Gasteiger partial charge >= 0.3 is 6.03 Å². The van der Waals surface area contributed by atoms with Crippen molar-refractivity contribution >= 4 is 22.6 Å². The van der Waals surface area contributed by atoms with E-state index in [1.165, 1.54) is 16.5 Å². The van der Waals surface area contributed by atoms with Gasteiger partial charge in [-0.1, -0.05) is 43.0 Å². The van der Waals surface area contributed by atoms with Gasteiger partial charge in [-0.05, 0) is 62.1 Å². The maximum absolute atomic E-state index is 12.0. The van der Waals surface area contributed by atoms with E-state index in [0.717, 1.165) is 36.3 Å². The van der Waals surface area contributed by atoms with E-state index >= 15 is 0 Å². The fourth-order valence-electron chi connectivity index (χ4n) is 3.28. The molecule has 1 heterocycles. The Bertz CT molecular complexity index is 1020. The molecular weight excluding hydrogens is 346 g/mol. The summed E-state index contributed by atoms with van der Waals surface area (Å²) in [7, 11) is 0. The van der Waals surface area contributed by atoms with Crippen LogP contribution in [-0.4, -0.2) is 17.1 Å². The third kappa shape index (κ3) is 4.75. The van der Waals surface area contributed by atoms with E-state index in [1.54, 1.807) is 0 Å². The molecule has 0 aliphatic carbocycles. The first-order valence-electron chi connectivity index (χ1n) is 9.83. The summed E-state index contributed by atoms with van der Waals surface area (Å²) in [5.41, 5.74) is 5.47. The molecule has 4 nitrogen and oxygen atoms in total. The van der Waals surface area contributed by atoms with E-state index in [9.17, 15) is 4.79 Å². The van der Waals surface area contributed by atoms with E-state index in [1.807, 2.05) is 31.2 Å². The Hall–Kier alpha value is -3.19. The van der Waals surface area contributed by atoms with Crippen LogP contribution < -0.4 is 10.6 Å². The van der Waals surface area contributed by atoms with Gasteiger partial charge < -0.3 is 15.2 Å². The van der Waals surface area contributed by atoms with Crippen LogP contribution in [0.3, 0.4) is 0 Å². The summed E-state index contributed by atoms with van der Waals surface area (Å²) in [6.07, 6.45) is 2.23. The largest absolute Gasteiger partial charge is 0.334 e. The molecule has 0 atom stereocenters. The van der Waals surface area contributed by atoms with Gasteiger partial charge in [0.05, 0.1) is 12.2 Å². The molecule has 2 N–H and O–H groups in total. The van der Waals surface area contributed by atoms with Crippen LogP contribution in [0, 0.1) is 18.8 Å². The van der Waals surface area contributed by atoms with E-state index in [4.69, 9.17) is 0 Å². The van der Waals surface area contributed by atoms with Crippen molar-refractivity contribution in [2.75, 3.05) is 11.9 Å². The Kier molecular flexibility index (Phi) is 6.39. The number of hydrogen-bond acceptors (Lipinski definition) is 1. The van der Waals surface area contributed by atoms with E-state index < -0.39 is 0 Å². The molecule has 0 spiro atoms. The molecule has 144 valence electrons. The summed E-state index contributed by atoms with van der Waals surface area (Å²) in [6.45, 7) is 7.49. The second-order valence-electron chi connectivity index (χ2n) is 6.89. The number of aryl methyl sites for hydroxylation is 3. The topological polar surface area (TPSA) is 46.1 Å². The van der Waals surface area contributed by atoms with Gasteiger partial charge in [-0.25, -0.2) is 4.79 Å². The number of fused-ring (bicyclic) bond motifs is 1. The SMILES string of the molecule is CCCc1ccc2c(c1)cc(C#CCNC(=O)Nc1ccc(C)cc1)n2CC. The number of hydrogen-bond donors (Lipinski definition) is 2. The molecule has 3 aromatic rings. The van der Waals surface area contributed by atoms with Gasteiger partial charge in [0, 0.05) is 23.1 Å². The number of amides is 2. The van der Waals surface area contributed by atoms with Crippen LogP contribution in [0.25, 0.3) is 10.9 Å². The molecule has 0 unspecified atom stereocenters. The van der Waals surface area contributed by atoms with E-state index in [0.29, 0.717) is 6.54 Å². The van der Waals surface area contributed by atoms with Crippen molar-refractivity contribution in [3.63, 3.8) is 0 Å². The van der Waals surface area contributed by atoms with Gasteiger partial charge in [0.25, 0.3) is 0 Å². The summed E-state index contributed by atoms with van der Waals surface area (Å²) in [5.74, 6) is 6.26. The van der Waals surface area contributed by atoms with Crippen molar-refractivity contribution < 1.29 is 4.79 Å². The second kappa shape index (κ2) is 9.14. The molecule has 0 bridgehead atoms. The minimum Gasteiger partial charge on any atom is -0.334 e. The van der Waals surface area contributed by atoms with Gasteiger partial charge in [-0.2, -0.15) is 0 Å². The maximum atomic E-state index is 12.0. The predicted octanol–water partition coefficient (Wildman–Crippen LogP) is 5.10. The zero-order valence-electron chi connectivity index (χ0n) is 16.8. The zero-order chi connectivity index (χ0) is 19.9. The molecule has 28 heavy (non-hydrogen) atoms. The smallest absolute Gasteiger partial charge is 0.319 e. The number of carbonyl (C=O) groups is 1. The number of benzene rings is 2. The maximum Gasteiger partial charge on any atom is 0.319 e. The predicted molar refractivity (Wildman–Crippen MR) is 117 cm³/mol. The lowest BCUT2D eigenvalue weighted by atomic mass is 10.1. The fourth-order valence-corrected chi connectivity index (χ4v) is 3.28. The highest BCUT2D eigenvalue weighted by Crippen LogP contribution is 2.21. The zero-order valence-corrected chi connectivity index (χ0v) is 16.8. The molecule has 0 saturated carbocycles. The first-order valence-corrected chi connectivity index (χ1v) is 9.83. The summed E-state index contributed by atoms with van der Waals surface area (Å²) in [4.78, 5) is 12.0. The minimum atomic E-state index is -0.251. The average Bonchev–Trinajstić information content (AvgIpc) is 3.04. The Labute approximate surface area is 166 Å². The quantitative estimate of drug-likeness (QED) is 0.601. The number of anilines is 1. The van der Waals surface area contributed by atoms with Gasteiger partial charge in [0.15, 0.2) is 0 Å². The Morgan fingerprint density at radius 1 is 1.07 bits per heavy atom. The number of nitrogens with one attached hydrogen (secondary N) is 2. The lowest BCUT2D eigenvalue weighted by molar-refractivity contribution is 0.253. The van der Waals surface area contributed by atoms with Crippen LogP contribution in [0.15, 0.2) is 48.5 Å². The van der Waals surface area contributed by atoms with Crippen LogP contribution in [0.2, 0.25) is 0 Å². The van der Waals surface area contributed by atoms with Gasteiger partial charge in [0.1, 0.15) is 0 Å². The van der Waals surface area contributed by atoms with Crippen molar-refractivity contribution in [3.05, 3.63) is 65.4 Å². The average molecular weight is 374 g/mol. The van der Waals surface area contributed by atoms with Crippen LogP contribution in [0.4, 0.5) is 10.5 Å². The van der Waals surface area contributed by atoms with Crippen molar-refractivity contribution in [2.45, 2.75) is 40.2 Å². The molecule has 4 heteroatoms. The van der Waals surface area contributed by atoms with Gasteiger partial charge in [-0.3, -0.25) is 0 Å². The van der Waals surface area contributed by atoms with Crippen molar-refractivity contribution in [2.24, 2.45) is 0 Å². The molecule has 0 aliphatic rings. The minimum absolute atomic E-state index is 0.251.